The molecule has 0 N–H and O–H groups in total. The second kappa shape index (κ2) is 6.12. The predicted octanol–water partition coefficient (Wildman–Crippen LogP) is 6.01. The van der Waals surface area contributed by atoms with Crippen molar-refractivity contribution in [2.24, 2.45) is 0 Å². The largest absolute Gasteiger partial charge is 0.213 e. The summed E-state index contributed by atoms with van der Waals surface area (Å²) in [5, 5.41) is 0. The highest BCUT2D eigenvalue weighted by Gasteiger charge is 2.61. The van der Waals surface area contributed by atoms with Gasteiger partial charge in [0.2, 0.25) is 5.69 Å². The van der Waals surface area contributed by atoms with E-state index < -0.39 is 0 Å². The molecule has 0 amide bonds. The van der Waals surface area contributed by atoms with Crippen molar-refractivity contribution < 1.29 is 4.57 Å². The summed E-state index contributed by atoms with van der Waals surface area (Å²) >= 11 is 0. The van der Waals surface area contributed by atoms with E-state index in [1.165, 1.54) is 65.8 Å². The average Bonchev–Trinajstić information content (AvgIpc) is 2.73. The van der Waals surface area contributed by atoms with Crippen LogP contribution in [0.25, 0.3) is 16.8 Å². The molecule has 2 aromatic rings. The summed E-state index contributed by atoms with van der Waals surface area (Å²) in [6, 6.07) is 14.0. The summed E-state index contributed by atoms with van der Waals surface area (Å²) in [5.41, 5.74) is 8.66. The van der Waals surface area contributed by atoms with Gasteiger partial charge >= 0.3 is 0 Å². The minimum atomic E-state index is 0.223. The van der Waals surface area contributed by atoms with Crippen LogP contribution in [0.3, 0.4) is 0 Å². The number of pyridine rings is 1. The molecule has 2 atom stereocenters. The van der Waals surface area contributed by atoms with Gasteiger partial charge in [0.1, 0.15) is 5.92 Å². The van der Waals surface area contributed by atoms with Crippen LogP contribution in [-0.2, 0) is 12.0 Å². The Morgan fingerprint density at radius 3 is 2.68 bits per heavy atom. The van der Waals surface area contributed by atoms with Crippen LogP contribution in [-0.4, -0.2) is 0 Å². The summed E-state index contributed by atoms with van der Waals surface area (Å²) in [4.78, 5) is 0. The molecule has 1 nitrogen and oxygen atoms in total. The van der Waals surface area contributed by atoms with E-state index >= 15 is 0 Å². The standard InChI is InChI=1S/C24H30N/c1-5-8-10-18-13-14-19-17(4)16-24(7-3)21(6-2)23-12-9-11-22(25(23)24)20(19)15-18/h9,11-15,21H,4-8,10,16H2,1-3H3/q+1. The Morgan fingerprint density at radius 2 is 1.96 bits per heavy atom. The molecular weight excluding hydrogens is 302 g/mol. The lowest BCUT2D eigenvalue weighted by Crippen LogP contribution is -2.71. The Labute approximate surface area is 152 Å². The first kappa shape index (κ1) is 16.6. The zero-order chi connectivity index (χ0) is 17.6. The highest BCUT2D eigenvalue weighted by Crippen LogP contribution is 2.52. The van der Waals surface area contributed by atoms with Gasteiger partial charge in [0, 0.05) is 25.0 Å². The number of hydrogen-bond acceptors (Lipinski definition) is 0. The molecule has 0 fully saturated rings. The van der Waals surface area contributed by atoms with Gasteiger partial charge in [-0.15, -0.1) is 0 Å². The van der Waals surface area contributed by atoms with Crippen molar-refractivity contribution in [3.05, 3.63) is 59.8 Å². The van der Waals surface area contributed by atoms with Gasteiger partial charge in [-0.3, -0.25) is 0 Å². The lowest BCUT2D eigenvalue weighted by molar-refractivity contribution is -0.809. The Hall–Kier alpha value is -1.89. The number of hydrogen-bond donors (Lipinski definition) is 0. The maximum Gasteiger partial charge on any atom is 0.213 e. The Bertz CT molecular complexity index is 832. The van der Waals surface area contributed by atoms with E-state index in [1.54, 1.807) is 0 Å². The van der Waals surface area contributed by atoms with E-state index in [2.05, 4.69) is 68.3 Å². The summed E-state index contributed by atoms with van der Waals surface area (Å²) in [7, 11) is 0. The summed E-state index contributed by atoms with van der Waals surface area (Å²) < 4.78 is 2.65. The van der Waals surface area contributed by atoms with Crippen LogP contribution >= 0.6 is 0 Å². The second-order valence-electron chi connectivity index (χ2n) is 7.85. The number of aryl methyl sites for hydroxylation is 1. The van der Waals surface area contributed by atoms with E-state index in [9.17, 15) is 0 Å². The van der Waals surface area contributed by atoms with Crippen LogP contribution in [0.15, 0.2) is 43.0 Å². The molecule has 4 rings (SSSR count). The molecule has 1 aromatic heterocycles. The molecule has 0 bridgehead atoms. The van der Waals surface area contributed by atoms with Gasteiger partial charge in [0.15, 0.2) is 11.2 Å². The molecule has 0 saturated carbocycles. The molecule has 1 heteroatoms. The van der Waals surface area contributed by atoms with Gasteiger partial charge in [-0.05, 0) is 48.1 Å². The van der Waals surface area contributed by atoms with Crippen LogP contribution < -0.4 is 4.57 Å². The van der Waals surface area contributed by atoms with Gasteiger partial charge < -0.3 is 0 Å². The Balaban J connectivity index is 1.93. The summed E-state index contributed by atoms with van der Waals surface area (Å²) in [6.07, 6.45) is 7.15. The fourth-order valence-electron chi connectivity index (χ4n) is 5.30. The maximum atomic E-state index is 4.52. The smallest absolute Gasteiger partial charge is 0.188 e. The number of rotatable bonds is 5. The van der Waals surface area contributed by atoms with Gasteiger partial charge in [0.25, 0.3) is 0 Å². The zero-order valence-corrected chi connectivity index (χ0v) is 15.9. The first-order valence-corrected chi connectivity index (χ1v) is 10.0. The predicted molar refractivity (Wildman–Crippen MR) is 106 cm³/mol. The SMILES string of the molecule is C=C1CC2(CC)C(CC)c3cccc([n+]32)-c2cc(CCCC)ccc21. The lowest BCUT2D eigenvalue weighted by atomic mass is 9.67. The lowest BCUT2D eigenvalue weighted by Gasteiger charge is -2.43. The minimum absolute atomic E-state index is 0.223. The third-order valence-corrected chi connectivity index (χ3v) is 6.57. The molecule has 130 valence electrons. The molecule has 0 aliphatic carbocycles. The van der Waals surface area contributed by atoms with Gasteiger partial charge in [0.05, 0.1) is 5.56 Å². The van der Waals surface area contributed by atoms with Crippen molar-refractivity contribution >= 4 is 5.57 Å². The Morgan fingerprint density at radius 1 is 1.12 bits per heavy atom. The van der Waals surface area contributed by atoms with Crippen LogP contribution in [0.4, 0.5) is 0 Å². The van der Waals surface area contributed by atoms with Crippen molar-refractivity contribution in [3.8, 4) is 11.3 Å². The monoisotopic (exact) mass is 332 g/mol. The quantitative estimate of drug-likeness (QED) is 0.590. The number of nitrogens with zero attached hydrogens (tertiary/aromatic N) is 1. The van der Waals surface area contributed by atoms with E-state index in [0.717, 1.165) is 6.42 Å². The molecule has 2 aliphatic heterocycles. The summed E-state index contributed by atoms with van der Waals surface area (Å²) in [6.45, 7) is 11.5. The number of unbranched alkanes of at least 4 members (excludes halogenated alkanes) is 1. The normalized spacial score (nSPS) is 23.5. The van der Waals surface area contributed by atoms with Crippen LogP contribution in [0.5, 0.6) is 0 Å². The van der Waals surface area contributed by atoms with E-state index in [0.29, 0.717) is 5.92 Å². The topological polar surface area (TPSA) is 3.88 Å². The summed E-state index contributed by atoms with van der Waals surface area (Å²) in [5.74, 6) is 0.656. The fraction of sp³-hybridized carbons (Fsp3) is 0.458. The van der Waals surface area contributed by atoms with Crippen LogP contribution in [0.1, 0.15) is 75.6 Å². The number of aromatic nitrogens is 1. The highest BCUT2D eigenvalue weighted by molar-refractivity contribution is 5.80. The van der Waals surface area contributed by atoms with E-state index in [4.69, 9.17) is 0 Å². The molecule has 3 heterocycles. The van der Waals surface area contributed by atoms with Gasteiger partial charge in [-0.2, -0.15) is 4.57 Å². The molecule has 0 saturated heterocycles. The van der Waals surface area contributed by atoms with Crippen LogP contribution in [0, 0.1) is 0 Å². The zero-order valence-electron chi connectivity index (χ0n) is 15.9. The molecule has 0 radical (unpaired) electrons. The fourth-order valence-corrected chi connectivity index (χ4v) is 5.30. The minimum Gasteiger partial charge on any atom is -0.188 e. The third-order valence-electron chi connectivity index (χ3n) is 6.57. The van der Waals surface area contributed by atoms with Gasteiger partial charge in [-0.1, -0.05) is 45.9 Å². The van der Waals surface area contributed by atoms with E-state index in [-0.39, 0.29) is 5.54 Å². The van der Waals surface area contributed by atoms with Crippen molar-refractivity contribution in [3.63, 3.8) is 0 Å². The van der Waals surface area contributed by atoms with Crippen LogP contribution in [0.2, 0.25) is 0 Å². The van der Waals surface area contributed by atoms with Crippen molar-refractivity contribution in [2.45, 2.75) is 70.8 Å². The van der Waals surface area contributed by atoms with E-state index in [1.807, 2.05) is 0 Å². The highest BCUT2D eigenvalue weighted by atomic mass is 15.2. The first-order chi connectivity index (χ1) is 12.2. The number of benzene rings is 1. The first-order valence-electron chi connectivity index (χ1n) is 10.0. The number of fused-ring (bicyclic) bond motifs is 2. The molecule has 2 unspecified atom stereocenters. The average molecular weight is 333 g/mol. The second-order valence-corrected chi connectivity index (χ2v) is 7.85. The number of allylic oxidation sites excluding steroid dienone is 1. The maximum absolute atomic E-state index is 4.52. The molecule has 25 heavy (non-hydrogen) atoms. The third kappa shape index (κ3) is 2.25. The van der Waals surface area contributed by atoms with Crippen molar-refractivity contribution in [1.82, 2.24) is 0 Å². The molecule has 2 aliphatic rings. The van der Waals surface area contributed by atoms with Gasteiger partial charge in [-0.25, -0.2) is 0 Å². The molecule has 1 aromatic carbocycles. The van der Waals surface area contributed by atoms with Crippen molar-refractivity contribution in [2.75, 3.05) is 0 Å². The van der Waals surface area contributed by atoms with Crippen molar-refractivity contribution in [1.29, 1.82) is 0 Å². The molecule has 0 spiro atoms. The molecular formula is C24H30N+. The Kier molecular flexibility index (Phi) is 4.06.